The van der Waals surface area contributed by atoms with Gasteiger partial charge in [0.15, 0.2) is 0 Å². The van der Waals surface area contributed by atoms with Gasteiger partial charge in [-0.3, -0.25) is 4.79 Å². The Labute approximate surface area is 78.8 Å². The molecule has 0 fully saturated rings. The molecule has 0 aliphatic carbocycles. The Bertz CT molecular complexity index is 206. The van der Waals surface area contributed by atoms with Crippen LogP contribution in [-0.2, 0) is 14.3 Å². The highest BCUT2D eigenvalue weighted by Gasteiger charge is 2.27. The van der Waals surface area contributed by atoms with E-state index in [4.69, 9.17) is 4.74 Å². The van der Waals surface area contributed by atoms with Crippen LogP contribution in [-0.4, -0.2) is 18.9 Å². The molecule has 0 radical (unpaired) electrons. The molecular formula is C10H16O3. The molecule has 0 saturated carbocycles. The summed E-state index contributed by atoms with van der Waals surface area (Å²) in [4.78, 5) is 21.2. The second-order valence-electron chi connectivity index (χ2n) is 3.58. The van der Waals surface area contributed by atoms with Crippen LogP contribution in [0.2, 0.25) is 0 Å². The first-order chi connectivity index (χ1) is 5.94. The molecule has 13 heavy (non-hydrogen) atoms. The number of esters is 1. The standard InChI is InChI=1S/C10H16O3/c1-5-9(6-13-8(2)12)10(3,4)7-11/h5,7,9H,1,6H2,2-4H3. The van der Waals surface area contributed by atoms with E-state index in [0.717, 1.165) is 6.29 Å². The number of hydrogen-bond donors (Lipinski definition) is 0. The van der Waals surface area contributed by atoms with Crippen molar-refractivity contribution in [2.45, 2.75) is 20.8 Å². The predicted molar refractivity (Wildman–Crippen MR) is 50.2 cm³/mol. The summed E-state index contributed by atoms with van der Waals surface area (Å²) in [7, 11) is 0. The first-order valence-electron chi connectivity index (χ1n) is 4.16. The molecule has 0 aromatic heterocycles. The highest BCUT2D eigenvalue weighted by atomic mass is 16.5. The zero-order chi connectivity index (χ0) is 10.5. The van der Waals surface area contributed by atoms with Crippen molar-refractivity contribution < 1.29 is 14.3 Å². The monoisotopic (exact) mass is 184 g/mol. The van der Waals surface area contributed by atoms with Crippen LogP contribution in [0.5, 0.6) is 0 Å². The molecule has 0 N–H and O–H groups in total. The van der Waals surface area contributed by atoms with Crippen LogP contribution in [0.25, 0.3) is 0 Å². The third-order valence-electron chi connectivity index (χ3n) is 2.01. The van der Waals surface area contributed by atoms with Gasteiger partial charge in [-0.15, -0.1) is 6.58 Å². The van der Waals surface area contributed by atoms with Gasteiger partial charge in [0.2, 0.25) is 0 Å². The average Bonchev–Trinajstić information content (AvgIpc) is 2.04. The van der Waals surface area contributed by atoms with Crippen molar-refractivity contribution in [3.05, 3.63) is 12.7 Å². The van der Waals surface area contributed by atoms with Crippen LogP contribution >= 0.6 is 0 Å². The second-order valence-corrected chi connectivity index (χ2v) is 3.58. The molecule has 0 saturated heterocycles. The molecule has 1 unspecified atom stereocenters. The largest absolute Gasteiger partial charge is 0.465 e. The maximum Gasteiger partial charge on any atom is 0.302 e. The lowest BCUT2D eigenvalue weighted by atomic mass is 9.81. The summed E-state index contributed by atoms with van der Waals surface area (Å²) in [5.74, 6) is -0.470. The predicted octanol–water partition coefficient (Wildman–Crippen LogP) is 1.58. The number of carbonyl (C=O) groups excluding carboxylic acids is 2. The smallest absolute Gasteiger partial charge is 0.302 e. The Kier molecular flexibility index (Phi) is 4.38. The van der Waals surface area contributed by atoms with Gasteiger partial charge in [-0.1, -0.05) is 19.9 Å². The van der Waals surface area contributed by atoms with Gasteiger partial charge in [-0.2, -0.15) is 0 Å². The summed E-state index contributed by atoms with van der Waals surface area (Å²) >= 11 is 0. The van der Waals surface area contributed by atoms with Crippen LogP contribution in [0, 0.1) is 11.3 Å². The Morgan fingerprint density at radius 2 is 2.15 bits per heavy atom. The fourth-order valence-corrected chi connectivity index (χ4v) is 0.881. The summed E-state index contributed by atoms with van der Waals surface area (Å²) in [6.45, 7) is 8.73. The highest BCUT2D eigenvalue weighted by molar-refractivity contribution is 5.66. The van der Waals surface area contributed by atoms with E-state index in [1.54, 1.807) is 19.9 Å². The number of rotatable bonds is 5. The van der Waals surface area contributed by atoms with Crippen molar-refractivity contribution in [1.29, 1.82) is 0 Å². The Hall–Kier alpha value is -1.12. The van der Waals surface area contributed by atoms with E-state index < -0.39 is 5.41 Å². The molecule has 0 rings (SSSR count). The summed E-state index contributed by atoms with van der Waals surface area (Å²) in [5.41, 5.74) is -0.531. The molecule has 0 aromatic rings. The molecule has 0 amide bonds. The van der Waals surface area contributed by atoms with Gasteiger partial charge in [0.25, 0.3) is 0 Å². The van der Waals surface area contributed by atoms with Crippen LogP contribution < -0.4 is 0 Å². The van der Waals surface area contributed by atoms with Gasteiger partial charge in [0.05, 0.1) is 6.61 Å². The Morgan fingerprint density at radius 3 is 2.46 bits per heavy atom. The van der Waals surface area contributed by atoms with E-state index in [1.807, 2.05) is 0 Å². The van der Waals surface area contributed by atoms with E-state index in [9.17, 15) is 9.59 Å². The summed E-state index contributed by atoms with van der Waals surface area (Å²) in [5, 5.41) is 0. The van der Waals surface area contributed by atoms with Crippen LogP contribution in [0.3, 0.4) is 0 Å². The van der Waals surface area contributed by atoms with Crippen LogP contribution in [0.4, 0.5) is 0 Å². The topological polar surface area (TPSA) is 43.4 Å². The maximum atomic E-state index is 10.7. The lowest BCUT2D eigenvalue weighted by Gasteiger charge is -2.25. The molecule has 3 nitrogen and oxygen atoms in total. The van der Waals surface area contributed by atoms with Crippen molar-refractivity contribution in [2.75, 3.05) is 6.61 Å². The fourth-order valence-electron chi connectivity index (χ4n) is 0.881. The lowest BCUT2D eigenvalue weighted by molar-refractivity contribution is -0.143. The second kappa shape index (κ2) is 4.80. The molecule has 0 bridgehead atoms. The van der Waals surface area contributed by atoms with E-state index >= 15 is 0 Å². The van der Waals surface area contributed by atoms with E-state index in [1.165, 1.54) is 6.92 Å². The van der Waals surface area contributed by atoms with E-state index in [0.29, 0.717) is 0 Å². The lowest BCUT2D eigenvalue weighted by Crippen LogP contribution is -2.28. The van der Waals surface area contributed by atoms with Crippen LogP contribution in [0.15, 0.2) is 12.7 Å². The average molecular weight is 184 g/mol. The van der Waals surface area contributed by atoms with Gasteiger partial charge in [-0.25, -0.2) is 0 Å². The first kappa shape index (κ1) is 11.9. The minimum atomic E-state index is -0.531. The summed E-state index contributed by atoms with van der Waals surface area (Å²) < 4.78 is 4.81. The molecule has 3 heteroatoms. The van der Waals surface area contributed by atoms with Crippen molar-refractivity contribution in [2.24, 2.45) is 11.3 Å². The van der Waals surface area contributed by atoms with Crippen LogP contribution in [0.1, 0.15) is 20.8 Å². The molecule has 74 valence electrons. The van der Waals surface area contributed by atoms with Gasteiger partial charge in [0, 0.05) is 18.3 Å². The number of hydrogen-bond acceptors (Lipinski definition) is 3. The quantitative estimate of drug-likeness (QED) is 0.370. The Balaban J connectivity index is 4.25. The molecular weight excluding hydrogens is 168 g/mol. The molecule has 0 spiro atoms. The zero-order valence-corrected chi connectivity index (χ0v) is 8.37. The zero-order valence-electron chi connectivity index (χ0n) is 8.37. The normalized spacial score (nSPS) is 13.2. The van der Waals surface area contributed by atoms with Crippen molar-refractivity contribution >= 4 is 12.3 Å². The fraction of sp³-hybridized carbons (Fsp3) is 0.600. The number of carbonyl (C=O) groups is 2. The Morgan fingerprint density at radius 1 is 1.62 bits per heavy atom. The summed E-state index contributed by atoms with van der Waals surface area (Å²) in [6.07, 6.45) is 2.49. The summed E-state index contributed by atoms with van der Waals surface area (Å²) in [6, 6.07) is 0. The minimum Gasteiger partial charge on any atom is -0.465 e. The molecule has 0 aliphatic heterocycles. The molecule has 0 heterocycles. The first-order valence-corrected chi connectivity index (χ1v) is 4.16. The van der Waals surface area contributed by atoms with Crippen molar-refractivity contribution in [1.82, 2.24) is 0 Å². The van der Waals surface area contributed by atoms with E-state index in [2.05, 4.69) is 6.58 Å². The van der Waals surface area contributed by atoms with Gasteiger partial charge in [0.1, 0.15) is 6.29 Å². The van der Waals surface area contributed by atoms with Crippen molar-refractivity contribution in [3.63, 3.8) is 0 Å². The third-order valence-corrected chi connectivity index (χ3v) is 2.01. The number of aldehydes is 1. The van der Waals surface area contributed by atoms with Gasteiger partial charge in [-0.05, 0) is 0 Å². The minimum absolute atomic E-state index is 0.131. The van der Waals surface area contributed by atoms with E-state index in [-0.39, 0.29) is 18.5 Å². The molecule has 0 aromatic carbocycles. The maximum absolute atomic E-state index is 10.7. The number of ether oxygens (including phenoxy) is 1. The SMILES string of the molecule is C=CC(COC(C)=O)C(C)(C)C=O. The van der Waals surface area contributed by atoms with Crippen molar-refractivity contribution in [3.8, 4) is 0 Å². The third kappa shape index (κ3) is 3.87. The highest BCUT2D eigenvalue weighted by Crippen LogP contribution is 2.25. The van der Waals surface area contributed by atoms with Gasteiger partial charge >= 0.3 is 5.97 Å². The van der Waals surface area contributed by atoms with Gasteiger partial charge < -0.3 is 9.53 Å². The molecule has 1 atom stereocenters. The molecule has 0 aliphatic rings.